The zero-order chi connectivity index (χ0) is 47.1. The highest BCUT2D eigenvalue weighted by Crippen LogP contribution is 2.43. The van der Waals surface area contributed by atoms with Crippen LogP contribution in [0.15, 0.2) is 24.3 Å². The van der Waals surface area contributed by atoms with Crippen molar-refractivity contribution in [3.63, 3.8) is 0 Å². The summed E-state index contributed by atoms with van der Waals surface area (Å²) in [5.74, 6) is -0.174. The molecule has 3 atom stereocenters. The van der Waals surface area contributed by atoms with Crippen molar-refractivity contribution in [2.24, 2.45) is 0 Å². The van der Waals surface area contributed by atoms with Crippen LogP contribution in [0.4, 0.5) is 0 Å². The lowest BCUT2D eigenvalue weighted by Crippen LogP contribution is -2.45. The fraction of sp³-hybridized carbons (Fsp3) is 0.909. The van der Waals surface area contributed by atoms with Crippen LogP contribution in [0.1, 0.15) is 271 Å². The minimum Gasteiger partial charge on any atom is -0.387 e. The van der Waals surface area contributed by atoms with E-state index in [0.717, 1.165) is 38.5 Å². The first-order chi connectivity index (χ1) is 31.0. The summed E-state index contributed by atoms with van der Waals surface area (Å²) in [4.78, 5) is 23.2. The second kappa shape index (κ2) is 47.1. The van der Waals surface area contributed by atoms with Gasteiger partial charge in [-0.15, -0.1) is 0 Å². The van der Waals surface area contributed by atoms with Crippen molar-refractivity contribution in [1.29, 1.82) is 0 Å². The van der Waals surface area contributed by atoms with Crippen LogP contribution in [-0.4, -0.2) is 73.4 Å². The minimum absolute atomic E-state index is 0.0632. The number of hydrogen-bond acceptors (Lipinski definition) is 5. The van der Waals surface area contributed by atoms with Crippen molar-refractivity contribution >= 4 is 13.7 Å². The van der Waals surface area contributed by atoms with Crippen molar-refractivity contribution in [1.82, 2.24) is 5.32 Å². The Hall–Kier alpha value is -1.02. The third kappa shape index (κ3) is 48.9. The lowest BCUT2D eigenvalue weighted by molar-refractivity contribution is -0.870. The molecule has 0 aromatic rings. The summed E-state index contributed by atoms with van der Waals surface area (Å²) < 4.78 is 23.6. The van der Waals surface area contributed by atoms with Crippen molar-refractivity contribution < 1.29 is 32.9 Å². The molecule has 1 amide bonds. The molecule has 0 spiro atoms. The molecular formula is C55H110N2O6P+. The number of phosphoric acid groups is 1. The molecule has 0 saturated heterocycles. The molecule has 0 bridgehead atoms. The number of hydrogen-bond donors (Lipinski definition) is 3. The number of carbonyl (C=O) groups is 1. The standard InChI is InChI=1S/C55H109N2O6P/c1-6-8-10-12-14-16-18-20-21-22-23-24-25-26-27-28-29-30-31-32-33-34-35-37-39-41-43-45-47-49-55(59)56-53(52-63-64(60,61)62-51-50-57(3,4)5)54(58)48-46-44-42-40-38-36-19-17-15-13-11-9-7-2/h26-27,46,48,53-54,58H,6-25,28-45,47,49-52H2,1-5H3,(H-,56,59,60,61)/p+1/b27-26-,48-46+. The number of aliphatic hydroxyl groups excluding tert-OH is 1. The largest absolute Gasteiger partial charge is 0.472 e. The van der Waals surface area contributed by atoms with E-state index >= 15 is 0 Å². The van der Waals surface area contributed by atoms with E-state index in [1.165, 1.54) is 212 Å². The normalized spacial score (nSPS) is 14.2. The number of aliphatic hydroxyl groups is 1. The second-order valence-corrected chi connectivity index (χ2v) is 21.8. The van der Waals surface area contributed by atoms with Gasteiger partial charge in [-0.3, -0.25) is 13.8 Å². The van der Waals surface area contributed by atoms with Crippen LogP contribution in [0.5, 0.6) is 0 Å². The van der Waals surface area contributed by atoms with Gasteiger partial charge in [0.05, 0.1) is 39.9 Å². The second-order valence-electron chi connectivity index (χ2n) is 20.3. The molecule has 64 heavy (non-hydrogen) atoms. The number of likely N-dealkylation sites (N-methyl/N-ethyl adjacent to an activating group) is 1. The van der Waals surface area contributed by atoms with Crippen molar-refractivity contribution in [2.45, 2.75) is 283 Å². The van der Waals surface area contributed by atoms with Crippen LogP contribution in [0.25, 0.3) is 0 Å². The van der Waals surface area contributed by atoms with Gasteiger partial charge in [0.2, 0.25) is 5.91 Å². The van der Waals surface area contributed by atoms with E-state index in [0.29, 0.717) is 17.4 Å². The van der Waals surface area contributed by atoms with E-state index in [-0.39, 0.29) is 19.1 Å². The molecule has 0 radical (unpaired) electrons. The van der Waals surface area contributed by atoms with Gasteiger partial charge < -0.3 is 19.8 Å². The molecule has 0 rings (SSSR count). The summed E-state index contributed by atoms with van der Waals surface area (Å²) in [5, 5.41) is 13.9. The summed E-state index contributed by atoms with van der Waals surface area (Å²) in [5.41, 5.74) is 0. The molecule has 0 aliphatic heterocycles. The van der Waals surface area contributed by atoms with Crippen LogP contribution < -0.4 is 5.32 Å². The molecule has 9 heteroatoms. The van der Waals surface area contributed by atoms with E-state index in [4.69, 9.17) is 9.05 Å². The predicted octanol–water partition coefficient (Wildman–Crippen LogP) is 16.4. The van der Waals surface area contributed by atoms with E-state index < -0.39 is 20.0 Å². The Morgan fingerprint density at radius 3 is 1.20 bits per heavy atom. The highest BCUT2D eigenvalue weighted by molar-refractivity contribution is 7.47. The quantitative estimate of drug-likeness (QED) is 0.0243. The number of nitrogens with zero attached hydrogens (tertiary/aromatic N) is 1. The molecule has 3 unspecified atom stereocenters. The lowest BCUT2D eigenvalue weighted by Gasteiger charge is -2.25. The summed E-state index contributed by atoms with van der Waals surface area (Å²) in [7, 11) is 1.58. The third-order valence-electron chi connectivity index (χ3n) is 12.7. The molecular weight excluding hydrogens is 816 g/mol. The van der Waals surface area contributed by atoms with Gasteiger partial charge in [0.1, 0.15) is 13.2 Å². The highest BCUT2D eigenvalue weighted by atomic mass is 31.2. The molecule has 0 heterocycles. The molecule has 0 aliphatic carbocycles. The van der Waals surface area contributed by atoms with Crippen LogP contribution in [0.2, 0.25) is 0 Å². The van der Waals surface area contributed by atoms with E-state index in [1.807, 2.05) is 27.2 Å². The number of carbonyl (C=O) groups excluding carboxylic acids is 1. The van der Waals surface area contributed by atoms with E-state index in [1.54, 1.807) is 6.08 Å². The Bertz CT molecular complexity index is 1090. The average Bonchev–Trinajstić information content (AvgIpc) is 3.25. The van der Waals surface area contributed by atoms with Crippen molar-refractivity contribution in [2.75, 3.05) is 40.9 Å². The molecule has 3 N–H and O–H groups in total. The topological polar surface area (TPSA) is 105 Å². The molecule has 8 nitrogen and oxygen atoms in total. The van der Waals surface area contributed by atoms with E-state index in [9.17, 15) is 19.4 Å². The van der Waals surface area contributed by atoms with Gasteiger partial charge in [-0.2, -0.15) is 0 Å². The lowest BCUT2D eigenvalue weighted by atomic mass is 10.0. The predicted molar refractivity (Wildman–Crippen MR) is 277 cm³/mol. The summed E-state index contributed by atoms with van der Waals surface area (Å²) in [6, 6.07) is -0.843. The molecule has 0 aromatic carbocycles. The number of nitrogens with one attached hydrogen (secondary N) is 1. The molecule has 0 aliphatic rings. The molecule has 0 fully saturated rings. The SMILES string of the molecule is CCCCCCCCCCCCC/C=C/C(O)C(COP(=O)(O)OCC[N+](C)(C)C)NC(=O)CCCCCCCCCCCCCCC/C=C\CCCCCCCCCCCCCC. The monoisotopic (exact) mass is 926 g/mol. The van der Waals surface area contributed by atoms with Gasteiger partial charge in [-0.1, -0.05) is 244 Å². The van der Waals surface area contributed by atoms with Gasteiger partial charge in [-0.25, -0.2) is 4.57 Å². The maximum absolute atomic E-state index is 12.9. The van der Waals surface area contributed by atoms with Crippen LogP contribution in [0.3, 0.4) is 0 Å². The van der Waals surface area contributed by atoms with Crippen LogP contribution >= 0.6 is 7.82 Å². The van der Waals surface area contributed by atoms with Crippen molar-refractivity contribution in [3.05, 3.63) is 24.3 Å². The minimum atomic E-state index is -4.34. The zero-order valence-corrected chi connectivity index (χ0v) is 44.2. The van der Waals surface area contributed by atoms with Gasteiger partial charge in [0, 0.05) is 6.42 Å². The van der Waals surface area contributed by atoms with E-state index in [2.05, 4.69) is 31.3 Å². The first-order valence-electron chi connectivity index (χ1n) is 27.7. The first kappa shape index (κ1) is 63.0. The summed E-state index contributed by atoms with van der Waals surface area (Å²) in [6.07, 6.45) is 58.5. The number of quaternary nitrogens is 1. The van der Waals surface area contributed by atoms with Gasteiger partial charge in [0.25, 0.3) is 0 Å². The first-order valence-corrected chi connectivity index (χ1v) is 29.2. The van der Waals surface area contributed by atoms with Gasteiger partial charge in [-0.05, 0) is 44.9 Å². The smallest absolute Gasteiger partial charge is 0.387 e. The van der Waals surface area contributed by atoms with Crippen molar-refractivity contribution in [3.8, 4) is 0 Å². The fourth-order valence-corrected chi connectivity index (χ4v) is 9.01. The Morgan fingerprint density at radius 2 is 0.844 bits per heavy atom. The number of amides is 1. The Kier molecular flexibility index (Phi) is 46.3. The number of unbranched alkanes of at least 4 members (excludes halogenated alkanes) is 36. The zero-order valence-electron chi connectivity index (χ0n) is 43.3. The number of rotatable bonds is 51. The highest BCUT2D eigenvalue weighted by Gasteiger charge is 2.27. The van der Waals surface area contributed by atoms with Gasteiger partial charge >= 0.3 is 7.82 Å². The van der Waals surface area contributed by atoms with Gasteiger partial charge in [0.15, 0.2) is 0 Å². The Labute approximate surface area is 398 Å². The maximum Gasteiger partial charge on any atom is 0.472 e. The average molecular weight is 926 g/mol. The maximum atomic E-state index is 12.9. The number of allylic oxidation sites excluding steroid dienone is 3. The molecule has 0 aromatic heterocycles. The van der Waals surface area contributed by atoms with Crippen LogP contribution in [0, 0.1) is 0 Å². The third-order valence-corrected chi connectivity index (χ3v) is 13.6. The number of phosphoric ester groups is 1. The summed E-state index contributed by atoms with van der Waals surface area (Å²) >= 11 is 0. The molecule has 380 valence electrons. The molecule has 0 saturated carbocycles. The Balaban J connectivity index is 4.08. The fourth-order valence-electron chi connectivity index (χ4n) is 8.27. The summed E-state index contributed by atoms with van der Waals surface area (Å²) in [6.45, 7) is 4.84. The van der Waals surface area contributed by atoms with Crippen LogP contribution in [-0.2, 0) is 18.4 Å². The Morgan fingerprint density at radius 1 is 0.516 bits per heavy atom.